The van der Waals surface area contributed by atoms with Crippen LogP contribution in [0, 0.1) is 11.3 Å². The van der Waals surface area contributed by atoms with Gasteiger partial charge in [0.1, 0.15) is 5.75 Å². The molecule has 0 radical (unpaired) electrons. The molecule has 0 bridgehead atoms. The van der Waals surface area contributed by atoms with Gasteiger partial charge in [0.05, 0.1) is 24.3 Å². The first-order valence-corrected chi connectivity index (χ1v) is 7.13. The maximum Gasteiger partial charge on any atom is 0.335 e. The number of rotatable bonds is 4. The van der Waals surface area contributed by atoms with E-state index in [1.807, 2.05) is 12.1 Å². The number of carboxylic acids is 1. The van der Waals surface area contributed by atoms with Crippen LogP contribution in [-0.4, -0.2) is 18.2 Å². The first-order valence-electron chi connectivity index (χ1n) is 6.34. The molecular weight excluding hydrogens is 346 g/mol. The molecule has 0 aliphatic rings. The van der Waals surface area contributed by atoms with Crippen molar-refractivity contribution >= 4 is 33.5 Å². The zero-order valence-corrected chi connectivity index (χ0v) is 13.3. The number of aromatic carboxylic acids is 1. The Morgan fingerprint density at radius 2 is 1.86 bits per heavy atom. The molecule has 0 fully saturated rings. The summed E-state index contributed by atoms with van der Waals surface area (Å²) < 4.78 is 6.15. The predicted octanol–water partition coefficient (Wildman–Crippen LogP) is 4.22. The summed E-state index contributed by atoms with van der Waals surface area (Å²) in [7, 11) is 1.56. The van der Waals surface area contributed by atoms with Gasteiger partial charge in [0.2, 0.25) is 0 Å². The van der Waals surface area contributed by atoms with Crippen molar-refractivity contribution in [3.8, 4) is 11.8 Å². The zero-order valence-electron chi connectivity index (χ0n) is 11.7. The molecule has 1 N–H and O–H groups in total. The van der Waals surface area contributed by atoms with Gasteiger partial charge >= 0.3 is 5.97 Å². The van der Waals surface area contributed by atoms with Crippen molar-refractivity contribution in [2.24, 2.45) is 0 Å². The Morgan fingerprint density at radius 3 is 2.41 bits per heavy atom. The van der Waals surface area contributed by atoms with E-state index < -0.39 is 5.97 Å². The molecule has 2 aromatic rings. The van der Waals surface area contributed by atoms with E-state index in [4.69, 9.17) is 9.84 Å². The second-order valence-corrected chi connectivity index (χ2v) is 5.35. The Balaban J connectivity index is 2.46. The van der Waals surface area contributed by atoms with Crippen LogP contribution in [0.2, 0.25) is 0 Å². The highest BCUT2D eigenvalue weighted by Gasteiger charge is 2.07. The first kappa shape index (κ1) is 15.8. The van der Waals surface area contributed by atoms with Gasteiger partial charge in [-0.1, -0.05) is 28.1 Å². The van der Waals surface area contributed by atoms with Crippen LogP contribution in [0.15, 0.2) is 46.9 Å². The summed E-state index contributed by atoms with van der Waals surface area (Å²) in [5, 5.41) is 18.3. The second-order valence-electron chi connectivity index (χ2n) is 4.44. The van der Waals surface area contributed by atoms with E-state index in [2.05, 4.69) is 22.0 Å². The molecule has 0 aliphatic carbocycles. The topological polar surface area (TPSA) is 70.3 Å². The Labute approximate surface area is 136 Å². The fraction of sp³-hybridized carbons (Fsp3) is 0.0588. The van der Waals surface area contributed by atoms with Gasteiger partial charge in [0.15, 0.2) is 0 Å². The predicted molar refractivity (Wildman–Crippen MR) is 87.6 cm³/mol. The van der Waals surface area contributed by atoms with Gasteiger partial charge in [-0.2, -0.15) is 5.26 Å². The highest BCUT2D eigenvalue weighted by Crippen LogP contribution is 2.27. The molecule has 0 heterocycles. The summed E-state index contributed by atoms with van der Waals surface area (Å²) in [4.78, 5) is 10.9. The average molecular weight is 358 g/mol. The van der Waals surface area contributed by atoms with Crippen molar-refractivity contribution in [3.63, 3.8) is 0 Å². The highest BCUT2D eigenvalue weighted by molar-refractivity contribution is 9.10. The standard InChI is InChI=1S/C17H12BrNO3/c1-22-16-7-6-15(18)9-13(16)8-14(10-19)11-2-4-12(5-3-11)17(20)21/h2-9H,1H3,(H,20,21)/b14-8-. The Bertz CT molecular complexity index is 773. The van der Waals surface area contributed by atoms with Crippen LogP contribution in [0.1, 0.15) is 21.5 Å². The summed E-state index contributed by atoms with van der Waals surface area (Å²) in [5.41, 5.74) is 2.01. The number of allylic oxidation sites excluding steroid dienone is 1. The minimum absolute atomic E-state index is 0.182. The van der Waals surface area contributed by atoms with E-state index in [0.29, 0.717) is 16.9 Å². The Morgan fingerprint density at radius 1 is 1.23 bits per heavy atom. The molecule has 0 atom stereocenters. The largest absolute Gasteiger partial charge is 0.496 e. The summed E-state index contributed by atoms with van der Waals surface area (Å²) in [5.74, 6) is -0.346. The molecule has 0 spiro atoms. The SMILES string of the molecule is COc1ccc(Br)cc1/C=C(/C#N)c1ccc(C(=O)O)cc1. The molecule has 5 heteroatoms. The maximum absolute atomic E-state index is 10.9. The maximum atomic E-state index is 10.9. The van der Waals surface area contributed by atoms with Gasteiger partial charge in [-0.15, -0.1) is 0 Å². The third-order valence-corrected chi connectivity index (χ3v) is 3.55. The van der Waals surface area contributed by atoms with Crippen LogP contribution in [0.25, 0.3) is 11.6 Å². The molecule has 22 heavy (non-hydrogen) atoms. The molecule has 4 nitrogen and oxygen atoms in total. The molecule has 110 valence electrons. The minimum Gasteiger partial charge on any atom is -0.496 e. The second kappa shape index (κ2) is 6.92. The third-order valence-electron chi connectivity index (χ3n) is 3.05. The molecular formula is C17H12BrNO3. The van der Waals surface area contributed by atoms with E-state index in [-0.39, 0.29) is 5.56 Å². The van der Waals surface area contributed by atoms with Crippen LogP contribution in [0.3, 0.4) is 0 Å². The van der Waals surface area contributed by atoms with Crippen molar-refractivity contribution in [1.29, 1.82) is 5.26 Å². The molecule has 0 saturated heterocycles. The van der Waals surface area contributed by atoms with Crippen LogP contribution in [-0.2, 0) is 0 Å². The van der Waals surface area contributed by atoms with Gasteiger partial charge in [-0.3, -0.25) is 0 Å². The van der Waals surface area contributed by atoms with E-state index in [1.54, 1.807) is 31.4 Å². The van der Waals surface area contributed by atoms with Gasteiger partial charge in [-0.05, 0) is 42.0 Å². The lowest BCUT2D eigenvalue weighted by Gasteiger charge is -2.06. The lowest BCUT2D eigenvalue weighted by molar-refractivity contribution is 0.0697. The van der Waals surface area contributed by atoms with Crippen molar-refractivity contribution < 1.29 is 14.6 Å². The zero-order chi connectivity index (χ0) is 16.1. The van der Waals surface area contributed by atoms with Crippen molar-refractivity contribution in [2.45, 2.75) is 0 Å². The summed E-state index contributed by atoms with van der Waals surface area (Å²) >= 11 is 3.39. The Kier molecular flexibility index (Phi) is 4.97. The van der Waals surface area contributed by atoms with E-state index in [0.717, 1.165) is 10.0 Å². The molecule has 2 rings (SSSR count). The number of nitriles is 1. The number of carboxylic acid groups (broad SMARTS) is 1. The Hall–Kier alpha value is -2.58. The van der Waals surface area contributed by atoms with E-state index >= 15 is 0 Å². The van der Waals surface area contributed by atoms with Gasteiger partial charge in [0, 0.05) is 10.0 Å². The third kappa shape index (κ3) is 3.54. The van der Waals surface area contributed by atoms with Gasteiger partial charge in [-0.25, -0.2) is 4.79 Å². The van der Waals surface area contributed by atoms with E-state index in [1.165, 1.54) is 12.1 Å². The van der Waals surface area contributed by atoms with Crippen molar-refractivity contribution in [3.05, 3.63) is 63.6 Å². The van der Waals surface area contributed by atoms with Crippen LogP contribution in [0.4, 0.5) is 0 Å². The average Bonchev–Trinajstić information content (AvgIpc) is 2.53. The van der Waals surface area contributed by atoms with Gasteiger partial charge in [0.25, 0.3) is 0 Å². The summed E-state index contributed by atoms with van der Waals surface area (Å²) in [6.07, 6.45) is 1.71. The fourth-order valence-corrected chi connectivity index (χ4v) is 2.32. The van der Waals surface area contributed by atoms with Crippen molar-refractivity contribution in [1.82, 2.24) is 0 Å². The summed E-state index contributed by atoms with van der Waals surface area (Å²) in [6, 6.07) is 13.8. The van der Waals surface area contributed by atoms with Gasteiger partial charge < -0.3 is 9.84 Å². The first-order chi connectivity index (χ1) is 10.5. The number of benzene rings is 2. The number of nitrogens with zero attached hydrogens (tertiary/aromatic N) is 1. The molecule has 0 aliphatic heterocycles. The van der Waals surface area contributed by atoms with E-state index in [9.17, 15) is 10.1 Å². The van der Waals surface area contributed by atoms with Crippen LogP contribution in [0.5, 0.6) is 5.75 Å². The fourth-order valence-electron chi connectivity index (χ4n) is 1.95. The molecule has 0 saturated carbocycles. The van der Waals surface area contributed by atoms with Crippen LogP contribution >= 0.6 is 15.9 Å². The molecule has 0 unspecified atom stereocenters. The monoisotopic (exact) mass is 357 g/mol. The summed E-state index contributed by atoms with van der Waals surface area (Å²) in [6.45, 7) is 0. The lowest BCUT2D eigenvalue weighted by atomic mass is 10.0. The minimum atomic E-state index is -0.998. The van der Waals surface area contributed by atoms with Crippen LogP contribution < -0.4 is 4.74 Å². The smallest absolute Gasteiger partial charge is 0.335 e. The molecule has 0 aromatic heterocycles. The lowest BCUT2D eigenvalue weighted by Crippen LogP contribution is -1.95. The number of hydrogen-bond acceptors (Lipinski definition) is 3. The molecule has 2 aromatic carbocycles. The number of methoxy groups -OCH3 is 1. The number of halogens is 1. The normalized spacial score (nSPS) is 10.9. The number of hydrogen-bond donors (Lipinski definition) is 1. The highest BCUT2D eigenvalue weighted by atomic mass is 79.9. The molecule has 0 amide bonds. The number of ether oxygens (including phenoxy) is 1. The number of carbonyl (C=O) groups is 1. The van der Waals surface area contributed by atoms with Crippen molar-refractivity contribution in [2.75, 3.05) is 7.11 Å². The quantitative estimate of drug-likeness (QED) is 0.656.